The summed E-state index contributed by atoms with van der Waals surface area (Å²) < 4.78 is 44.6. The first kappa shape index (κ1) is 16.6. The largest absolute Gasteiger partial charge is 0.389 e. The van der Waals surface area contributed by atoms with Gasteiger partial charge in [-0.1, -0.05) is 23.2 Å². The quantitative estimate of drug-likeness (QED) is 0.674. The van der Waals surface area contributed by atoms with Crippen LogP contribution in [0.3, 0.4) is 0 Å². The molecule has 2 rings (SSSR count). The van der Waals surface area contributed by atoms with Crippen molar-refractivity contribution in [1.82, 2.24) is 0 Å². The number of benzene rings is 1. The molecule has 0 bridgehead atoms. The van der Waals surface area contributed by atoms with Gasteiger partial charge in [-0.3, -0.25) is 0 Å². The molecule has 0 spiro atoms. The molecule has 0 radical (unpaired) electrons. The topological polar surface area (TPSA) is 36.8 Å². The number of hydrogen-bond donors (Lipinski definition) is 1. The number of rotatable bonds is 5. The molecule has 0 saturated heterocycles. The molecule has 0 saturated carbocycles. The fourth-order valence-corrected chi connectivity index (χ4v) is 3.11. The third-order valence-corrected chi connectivity index (χ3v) is 4.05. The first-order valence-corrected chi connectivity index (χ1v) is 7.70. The lowest BCUT2D eigenvalue weighted by molar-refractivity contribution is -0.135. The Kier molecular flexibility index (Phi) is 5.16. The number of anilines is 1. The maximum absolute atomic E-state index is 12.1. The zero-order valence-corrected chi connectivity index (χ0v) is 13.3. The zero-order valence-electron chi connectivity index (χ0n) is 11.0. The van der Waals surface area contributed by atoms with Crippen molar-refractivity contribution in [3.05, 3.63) is 16.1 Å². The average Bonchev–Trinajstić information content (AvgIpc) is 2.82. The summed E-state index contributed by atoms with van der Waals surface area (Å²) in [5.41, 5.74) is 1.64. The lowest BCUT2D eigenvalue weighted by Crippen LogP contribution is -2.17. The molecule has 1 atom stereocenters. The molecule has 1 aliphatic heterocycles. The lowest BCUT2D eigenvalue weighted by Gasteiger charge is -2.18. The smallest absolute Gasteiger partial charge is 0.380 e. The zero-order chi connectivity index (χ0) is 15.6. The number of nitrogens with one attached hydrogen (secondary N) is 1. The summed E-state index contributed by atoms with van der Waals surface area (Å²) in [6.07, 6.45) is -4.48. The van der Waals surface area contributed by atoms with Gasteiger partial charge in [0.2, 0.25) is 0 Å². The lowest BCUT2D eigenvalue weighted by atomic mass is 10.1. The van der Waals surface area contributed by atoms with Crippen molar-refractivity contribution in [3.63, 3.8) is 0 Å². The van der Waals surface area contributed by atoms with Crippen LogP contribution in [0.4, 0.5) is 30.2 Å². The Morgan fingerprint density at radius 1 is 1.24 bits per heavy atom. The van der Waals surface area contributed by atoms with Gasteiger partial charge >= 0.3 is 6.18 Å². The van der Waals surface area contributed by atoms with Crippen LogP contribution < -0.4 is 5.32 Å². The number of nitrogens with zero attached hydrogens (tertiary/aromatic N) is 2. The number of halogens is 5. The van der Waals surface area contributed by atoms with E-state index in [2.05, 4.69) is 14.0 Å². The highest BCUT2D eigenvalue weighted by molar-refractivity contribution is 7.58. The molecular weight excluding hydrogens is 346 g/mol. The van der Waals surface area contributed by atoms with E-state index in [0.29, 0.717) is 33.5 Å². The molecule has 9 heteroatoms. The average molecular weight is 358 g/mol. The van der Waals surface area contributed by atoms with E-state index < -0.39 is 12.6 Å². The van der Waals surface area contributed by atoms with E-state index in [-0.39, 0.29) is 12.5 Å². The summed E-state index contributed by atoms with van der Waals surface area (Å²) in [5.74, 6) is 0. The van der Waals surface area contributed by atoms with Crippen molar-refractivity contribution in [3.8, 4) is 0 Å². The van der Waals surface area contributed by atoms with Crippen LogP contribution in [-0.4, -0.2) is 12.2 Å². The SMILES string of the molecule is CC(CCCC(F)(F)F)Nc1c(Cl)cc(Cl)c2c1N=S=N2. The fraction of sp³-hybridized carbons (Fsp3) is 0.500. The van der Waals surface area contributed by atoms with E-state index >= 15 is 0 Å². The summed E-state index contributed by atoms with van der Waals surface area (Å²) >= 11 is 13.1. The van der Waals surface area contributed by atoms with Gasteiger partial charge in [-0.25, -0.2) is 0 Å². The Morgan fingerprint density at radius 2 is 1.90 bits per heavy atom. The molecule has 21 heavy (non-hydrogen) atoms. The van der Waals surface area contributed by atoms with E-state index in [1.54, 1.807) is 13.0 Å². The van der Waals surface area contributed by atoms with Gasteiger partial charge in [-0.15, -0.1) is 0 Å². The van der Waals surface area contributed by atoms with E-state index in [9.17, 15) is 13.2 Å². The van der Waals surface area contributed by atoms with Crippen molar-refractivity contribution >= 4 is 51.6 Å². The fourth-order valence-electron chi connectivity index (χ4n) is 1.94. The Morgan fingerprint density at radius 3 is 2.57 bits per heavy atom. The highest BCUT2D eigenvalue weighted by Gasteiger charge is 2.26. The summed E-state index contributed by atoms with van der Waals surface area (Å²) in [5, 5.41) is 3.88. The van der Waals surface area contributed by atoms with Gasteiger partial charge in [-0.05, 0) is 25.8 Å². The molecule has 0 aliphatic carbocycles. The summed E-state index contributed by atoms with van der Waals surface area (Å²) in [6, 6.07) is 1.38. The van der Waals surface area contributed by atoms with E-state index in [4.69, 9.17) is 23.2 Å². The minimum absolute atomic E-state index is 0.0569. The number of fused-ring (bicyclic) bond motifs is 1. The maximum atomic E-state index is 12.1. The van der Waals surface area contributed by atoms with Crippen molar-refractivity contribution in [2.45, 2.75) is 38.4 Å². The number of hydrogen-bond acceptors (Lipinski definition) is 3. The molecule has 1 unspecified atom stereocenters. The highest BCUT2D eigenvalue weighted by Crippen LogP contribution is 2.47. The first-order chi connectivity index (χ1) is 9.78. The van der Waals surface area contributed by atoms with Gasteiger partial charge in [0.1, 0.15) is 11.4 Å². The van der Waals surface area contributed by atoms with Crippen molar-refractivity contribution in [1.29, 1.82) is 0 Å². The van der Waals surface area contributed by atoms with Crippen LogP contribution in [0.25, 0.3) is 0 Å². The van der Waals surface area contributed by atoms with Crippen LogP contribution in [0, 0.1) is 0 Å². The third-order valence-electron chi connectivity index (χ3n) is 2.93. The molecule has 0 fully saturated rings. The van der Waals surface area contributed by atoms with E-state index in [0.717, 1.165) is 11.4 Å². The van der Waals surface area contributed by atoms with Crippen LogP contribution >= 0.6 is 23.2 Å². The number of alkyl halides is 3. The van der Waals surface area contributed by atoms with E-state index in [1.165, 1.54) is 0 Å². The van der Waals surface area contributed by atoms with Crippen LogP contribution in [-0.2, 0) is 11.4 Å². The van der Waals surface area contributed by atoms with Gasteiger partial charge in [0.05, 0.1) is 27.1 Å². The Hall–Kier alpha value is -0.790. The predicted molar refractivity (Wildman–Crippen MR) is 81.0 cm³/mol. The monoisotopic (exact) mass is 357 g/mol. The summed E-state index contributed by atoms with van der Waals surface area (Å²) in [6.45, 7) is 1.80. The van der Waals surface area contributed by atoms with Gasteiger partial charge in [0, 0.05) is 12.5 Å². The molecule has 116 valence electrons. The molecule has 1 aromatic carbocycles. The molecule has 0 amide bonds. The molecular formula is C12H12Cl2F3N3S. The van der Waals surface area contributed by atoms with Gasteiger partial charge in [0.15, 0.2) is 0 Å². The van der Waals surface area contributed by atoms with Gasteiger partial charge < -0.3 is 5.32 Å². The molecule has 0 aromatic heterocycles. The standard InChI is InChI=1S/C12H12Cl2F3N3S/c1-6(3-2-4-12(15,16)17)18-9-7(13)5-8(14)10-11(9)20-21-19-10/h5-6,18H,2-4H2,1H3. The molecule has 1 N–H and O–H groups in total. The minimum atomic E-state index is -4.12. The second-order valence-corrected chi connectivity index (χ2v) is 6.07. The Bertz CT molecular complexity index is 613. The maximum Gasteiger partial charge on any atom is 0.389 e. The summed E-state index contributed by atoms with van der Waals surface area (Å²) in [7, 11) is 0. The molecule has 3 nitrogen and oxygen atoms in total. The van der Waals surface area contributed by atoms with Gasteiger partial charge in [0.25, 0.3) is 0 Å². The third kappa shape index (κ3) is 4.34. The van der Waals surface area contributed by atoms with Crippen molar-refractivity contribution < 1.29 is 13.2 Å². The van der Waals surface area contributed by atoms with Gasteiger partial charge in [-0.2, -0.15) is 21.9 Å². The normalized spacial score (nSPS) is 14.8. The van der Waals surface area contributed by atoms with Crippen LogP contribution in [0.2, 0.25) is 10.0 Å². The van der Waals surface area contributed by atoms with Crippen LogP contribution in [0.1, 0.15) is 26.2 Å². The second-order valence-electron chi connectivity index (χ2n) is 4.73. The van der Waals surface area contributed by atoms with Crippen LogP contribution in [0.15, 0.2) is 14.8 Å². The first-order valence-electron chi connectivity index (χ1n) is 6.21. The molecule has 1 aliphatic rings. The van der Waals surface area contributed by atoms with Crippen molar-refractivity contribution in [2.24, 2.45) is 8.73 Å². The Balaban J connectivity index is 2.04. The van der Waals surface area contributed by atoms with Crippen LogP contribution in [0.5, 0.6) is 0 Å². The highest BCUT2D eigenvalue weighted by atomic mass is 35.5. The summed E-state index contributed by atoms with van der Waals surface area (Å²) in [4.78, 5) is 0. The van der Waals surface area contributed by atoms with Crippen molar-refractivity contribution in [2.75, 3.05) is 5.32 Å². The molecule has 1 aromatic rings. The van der Waals surface area contributed by atoms with E-state index in [1.807, 2.05) is 0 Å². The second kappa shape index (κ2) is 6.54. The predicted octanol–water partition coefficient (Wildman–Crippen LogP) is 6.25. The Labute approximate surface area is 133 Å². The minimum Gasteiger partial charge on any atom is -0.380 e. The molecule has 1 heterocycles.